The zero-order valence-electron chi connectivity index (χ0n) is 12.8. The predicted molar refractivity (Wildman–Crippen MR) is 84.1 cm³/mol. The summed E-state index contributed by atoms with van der Waals surface area (Å²) in [6.07, 6.45) is 0. The topological polar surface area (TPSA) is 80.9 Å². The second-order valence-electron chi connectivity index (χ2n) is 5.25. The Morgan fingerprint density at radius 1 is 1.19 bits per heavy atom. The van der Waals surface area contributed by atoms with Crippen molar-refractivity contribution >= 4 is 11.9 Å². The van der Waals surface area contributed by atoms with Crippen LogP contribution in [0.25, 0.3) is 11.3 Å². The first-order chi connectivity index (χ1) is 9.93. The first kappa shape index (κ1) is 15.0. The van der Waals surface area contributed by atoms with Gasteiger partial charge in [0.2, 0.25) is 5.95 Å². The SMILES string of the molecule is CNC(=O)c1c(C)nc(N)nc1-c1ccc(C(C)C)cc1. The van der Waals surface area contributed by atoms with Gasteiger partial charge in [0.25, 0.3) is 5.91 Å². The fourth-order valence-corrected chi connectivity index (χ4v) is 2.23. The second-order valence-corrected chi connectivity index (χ2v) is 5.25. The molecule has 1 aromatic carbocycles. The Balaban J connectivity index is 2.59. The van der Waals surface area contributed by atoms with Crippen LogP contribution < -0.4 is 11.1 Å². The van der Waals surface area contributed by atoms with Crippen molar-refractivity contribution in [1.82, 2.24) is 15.3 Å². The Morgan fingerprint density at radius 3 is 2.33 bits per heavy atom. The number of amides is 1. The fourth-order valence-electron chi connectivity index (χ4n) is 2.23. The van der Waals surface area contributed by atoms with Gasteiger partial charge in [-0.2, -0.15) is 0 Å². The summed E-state index contributed by atoms with van der Waals surface area (Å²) >= 11 is 0. The zero-order valence-corrected chi connectivity index (χ0v) is 12.8. The minimum absolute atomic E-state index is 0.170. The zero-order chi connectivity index (χ0) is 15.6. The number of benzene rings is 1. The molecule has 0 saturated heterocycles. The van der Waals surface area contributed by atoms with Gasteiger partial charge >= 0.3 is 0 Å². The highest BCUT2D eigenvalue weighted by atomic mass is 16.1. The molecule has 0 unspecified atom stereocenters. The van der Waals surface area contributed by atoms with Crippen molar-refractivity contribution in [2.24, 2.45) is 0 Å². The summed E-state index contributed by atoms with van der Waals surface area (Å²) in [5.74, 6) is 0.410. The third-order valence-electron chi connectivity index (χ3n) is 3.41. The Kier molecular flexibility index (Phi) is 4.21. The molecule has 0 saturated carbocycles. The normalized spacial score (nSPS) is 10.7. The Morgan fingerprint density at radius 2 is 1.81 bits per heavy atom. The summed E-state index contributed by atoms with van der Waals surface area (Å²) in [4.78, 5) is 20.4. The van der Waals surface area contributed by atoms with E-state index in [1.807, 2.05) is 24.3 Å². The molecule has 0 aliphatic carbocycles. The lowest BCUT2D eigenvalue weighted by Gasteiger charge is -2.12. The molecule has 2 rings (SSSR count). The molecule has 0 aliphatic heterocycles. The molecule has 0 atom stereocenters. The average molecular weight is 284 g/mol. The van der Waals surface area contributed by atoms with Gasteiger partial charge in [-0.1, -0.05) is 38.1 Å². The molecular formula is C16H20N4O. The number of aryl methyl sites for hydroxylation is 1. The van der Waals surface area contributed by atoms with Crippen molar-refractivity contribution in [2.75, 3.05) is 12.8 Å². The van der Waals surface area contributed by atoms with Crippen LogP contribution in [-0.4, -0.2) is 22.9 Å². The molecular weight excluding hydrogens is 264 g/mol. The standard InChI is InChI=1S/C16H20N4O/c1-9(2)11-5-7-12(8-6-11)14-13(15(21)18-4)10(3)19-16(17)20-14/h5-9H,1-4H3,(H,18,21)(H2,17,19,20). The molecule has 1 amide bonds. The van der Waals surface area contributed by atoms with Crippen molar-refractivity contribution in [2.45, 2.75) is 26.7 Å². The number of nitrogens with two attached hydrogens (primary N) is 1. The van der Waals surface area contributed by atoms with Crippen molar-refractivity contribution in [1.29, 1.82) is 0 Å². The third kappa shape index (κ3) is 3.02. The minimum atomic E-state index is -0.213. The van der Waals surface area contributed by atoms with Gasteiger partial charge in [0.1, 0.15) is 0 Å². The second kappa shape index (κ2) is 5.91. The van der Waals surface area contributed by atoms with E-state index in [0.29, 0.717) is 22.9 Å². The molecule has 5 nitrogen and oxygen atoms in total. The van der Waals surface area contributed by atoms with Crippen LogP contribution in [0.4, 0.5) is 5.95 Å². The predicted octanol–water partition coefficient (Wildman–Crippen LogP) is 2.52. The van der Waals surface area contributed by atoms with E-state index in [1.165, 1.54) is 5.56 Å². The fraction of sp³-hybridized carbons (Fsp3) is 0.312. The third-order valence-corrected chi connectivity index (χ3v) is 3.41. The highest BCUT2D eigenvalue weighted by molar-refractivity contribution is 6.00. The molecule has 1 heterocycles. The number of hydrogen-bond acceptors (Lipinski definition) is 4. The number of carbonyl (C=O) groups is 1. The number of nitrogens with one attached hydrogen (secondary N) is 1. The van der Waals surface area contributed by atoms with E-state index in [4.69, 9.17) is 5.73 Å². The molecule has 21 heavy (non-hydrogen) atoms. The van der Waals surface area contributed by atoms with Crippen LogP contribution in [0.1, 0.15) is 41.4 Å². The highest BCUT2D eigenvalue weighted by Crippen LogP contribution is 2.26. The Labute approximate surface area is 124 Å². The van der Waals surface area contributed by atoms with Gasteiger partial charge in [-0.05, 0) is 18.4 Å². The molecule has 0 radical (unpaired) electrons. The van der Waals surface area contributed by atoms with Crippen LogP contribution in [-0.2, 0) is 0 Å². The smallest absolute Gasteiger partial charge is 0.255 e. The van der Waals surface area contributed by atoms with E-state index in [1.54, 1.807) is 14.0 Å². The van der Waals surface area contributed by atoms with Crippen LogP contribution in [0, 0.1) is 6.92 Å². The maximum atomic E-state index is 12.1. The van der Waals surface area contributed by atoms with Gasteiger partial charge in [-0.15, -0.1) is 0 Å². The van der Waals surface area contributed by atoms with E-state index in [0.717, 1.165) is 5.56 Å². The minimum Gasteiger partial charge on any atom is -0.368 e. The van der Waals surface area contributed by atoms with Crippen LogP contribution in [0.2, 0.25) is 0 Å². The number of carbonyl (C=O) groups excluding carboxylic acids is 1. The number of anilines is 1. The number of nitrogen functional groups attached to an aromatic ring is 1. The van der Waals surface area contributed by atoms with Crippen molar-refractivity contribution in [3.8, 4) is 11.3 Å². The van der Waals surface area contributed by atoms with E-state index >= 15 is 0 Å². The lowest BCUT2D eigenvalue weighted by Crippen LogP contribution is -2.21. The summed E-state index contributed by atoms with van der Waals surface area (Å²) in [5.41, 5.74) is 9.42. The lowest BCUT2D eigenvalue weighted by atomic mass is 9.98. The van der Waals surface area contributed by atoms with E-state index < -0.39 is 0 Å². The van der Waals surface area contributed by atoms with Gasteiger partial charge in [0, 0.05) is 12.6 Å². The highest BCUT2D eigenvalue weighted by Gasteiger charge is 2.18. The van der Waals surface area contributed by atoms with Gasteiger partial charge in [-0.25, -0.2) is 9.97 Å². The van der Waals surface area contributed by atoms with E-state index in [9.17, 15) is 4.79 Å². The molecule has 1 aromatic heterocycles. The molecule has 0 spiro atoms. The lowest BCUT2D eigenvalue weighted by molar-refractivity contribution is 0.0962. The van der Waals surface area contributed by atoms with Gasteiger partial charge in [0.05, 0.1) is 17.0 Å². The Bertz CT molecular complexity index is 663. The van der Waals surface area contributed by atoms with Gasteiger partial charge in [-0.3, -0.25) is 4.79 Å². The summed E-state index contributed by atoms with van der Waals surface area (Å²) in [6.45, 7) is 6.03. The first-order valence-electron chi connectivity index (χ1n) is 6.90. The number of rotatable bonds is 3. The molecule has 0 bridgehead atoms. The van der Waals surface area contributed by atoms with Crippen molar-refractivity contribution in [3.63, 3.8) is 0 Å². The number of nitrogens with zero attached hydrogens (tertiary/aromatic N) is 2. The Hall–Kier alpha value is -2.43. The van der Waals surface area contributed by atoms with Crippen LogP contribution in [0.3, 0.4) is 0 Å². The molecule has 3 N–H and O–H groups in total. The first-order valence-corrected chi connectivity index (χ1v) is 6.90. The molecule has 2 aromatic rings. The van der Waals surface area contributed by atoms with Gasteiger partial charge in [0.15, 0.2) is 0 Å². The van der Waals surface area contributed by atoms with Crippen LogP contribution >= 0.6 is 0 Å². The quantitative estimate of drug-likeness (QED) is 0.907. The summed E-state index contributed by atoms with van der Waals surface area (Å²) in [6, 6.07) is 8.01. The van der Waals surface area contributed by atoms with Crippen molar-refractivity contribution < 1.29 is 4.79 Å². The summed E-state index contributed by atoms with van der Waals surface area (Å²) < 4.78 is 0. The van der Waals surface area contributed by atoms with Gasteiger partial charge < -0.3 is 11.1 Å². The number of aromatic nitrogens is 2. The summed E-state index contributed by atoms with van der Waals surface area (Å²) in [5, 5.41) is 2.62. The van der Waals surface area contributed by atoms with Crippen molar-refractivity contribution in [3.05, 3.63) is 41.1 Å². The maximum absolute atomic E-state index is 12.1. The van der Waals surface area contributed by atoms with E-state index in [-0.39, 0.29) is 11.9 Å². The average Bonchev–Trinajstić information content (AvgIpc) is 2.45. The molecule has 0 fully saturated rings. The number of hydrogen-bond donors (Lipinski definition) is 2. The van der Waals surface area contributed by atoms with Crippen LogP contribution in [0.5, 0.6) is 0 Å². The summed E-state index contributed by atoms with van der Waals surface area (Å²) in [7, 11) is 1.59. The monoisotopic (exact) mass is 284 g/mol. The largest absolute Gasteiger partial charge is 0.368 e. The maximum Gasteiger partial charge on any atom is 0.255 e. The molecule has 0 aliphatic rings. The van der Waals surface area contributed by atoms with Crippen LogP contribution in [0.15, 0.2) is 24.3 Å². The molecule has 110 valence electrons. The van der Waals surface area contributed by atoms with E-state index in [2.05, 4.69) is 29.1 Å². The molecule has 5 heteroatoms.